The largest absolute Gasteiger partial charge is 0.371 e. The number of nitro groups is 1. The number of nitro benzene ring substituents is 1. The lowest BCUT2D eigenvalue weighted by molar-refractivity contribution is -0.385. The van der Waals surface area contributed by atoms with Crippen molar-refractivity contribution in [1.82, 2.24) is 0 Å². The fourth-order valence-electron chi connectivity index (χ4n) is 3.52. The van der Waals surface area contributed by atoms with Gasteiger partial charge in [-0.05, 0) is 65.8 Å². The van der Waals surface area contributed by atoms with Gasteiger partial charge in [-0.3, -0.25) is 10.1 Å². The Hall–Kier alpha value is -0.890. The molecule has 0 bridgehead atoms. The predicted molar refractivity (Wildman–Crippen MR) is 86.8 cm³/mol. The van der Waals surface area contributed by atoms with Crippen LogP contribution in [0.1, 0.15) is 19.3 Å². The Morgan fingerprint density at radius 1 is 1.30 bits per heavy atom. The molecule has 1 unspecified atom stereocenters. The van der Waals surface area contributed by atoms with Crippen LogP contribution in [0.5, 0.6) is 0 Å². The third-order valence-electron chi connectivity index (χ3n) is 4.58. The van der Waals surface area contributed by atoms with Crippen molar-refractivity contribution in [2.45, 2.75) is 25.3 Å². The van der Waals surface area contributed by atoms with Crippen LogP contribution < -0.4 is 10.6 Å². The Morgan fingerprint density at radius 2 is 2.05 bits per heavy atom. The lowest BCUT2D eigenvalue weighted by atomic mass is 9.79. The smallest absolute Gasteiger partial charge is 0.282 e. The second-order valence-electron chi connectivity index (χ2n) is 5.89. The molecule has 2 N–H and O–H groups in total. The van der Waals surface area contributed by atoms with Crippen molar-refractivity contribution in [3.05, 3.63) is 31.9 Å². The van der Waals surface area contributed by atoms with E-state index in [1.807, 2.05) is 34.7 Å². The fourth-order valence-corrected chi connectivity index (χ4v) is 4.21. The van der Waals surface area contributed by atoms with Crippen molar-refractivity contribution in [3.8, 4) is 0 Å². The zero-order chi connectivity index (χ0) is 14.3. The summed E-state index contributed by atoms with van der Waals surface area (Å²) >= 11 is 2.04. The van der Waals surface area contributed by atoms with Crippen LogP contribution in [0.15, 0.2) is 18.2 Å². The molecule has 1 heterocycles. The number of fused-ring (bicyclic) bond motifs is 1. The summed E-state index contributed by atoms with van der Waals surface area (Å²) in [6.45, 7) is 2.09. The molecule has 1 aliphatic heterocycles. The second-order valence-corrected chi connectivity index (χ2v) is 7.05. The maximum atomic E-state index is 10.9. The number of rotatable bonds is 2. The maximum absolute atomic E-state index is 10.9. The van der Waals surface area contributed by atoms with E-state index in [2.05, 4.69) is 4.90 Å². The lowest BCUT2D eigenvalue weighted by Gasteiger charge is -2.27. The van der Waals surface area contributed by atoms with E-state index in [0.717, 1.165) is 37.5 Å². The van der Waals surface area contributed by atoms with Gasteiger partial charge >= 0.3 is 0 Å². The van der Waals surface area contributed by atoms with E-state index in [0.29, 0.717) is 15.5 Å². The summed E-state index contributed by atoms with van der Waals surface area (Å²) in [5.41, 5.74) is 7.35. The molecule has 1 aromatic carbocycles. The zero-order valence-electron chi connectivity index (χ0n) is 11.2. The number of hydrogen-bond acceptors (Lipinski definition) is 4. The summed E-state index contributed by atoms with van der Waals surface area (Å²) in [5.74, 6) is 1.43. The fraction of sp³-hybridized carbons (Fsp3) is 0.571. The number of hydrogen-bond donors (Lipinski definition) is 1. The minimum Gasteiger partial charge on any atom is -0.371 e. The second kappa shape index (κ2) is 5.48. The van der Waals surface area contributed by atoms with Crippen LogP contribution in [0.25, 0.3) is 0 Å². The molecule has 1 aliphatic carbocycles. The molecule has 1 saturated carbocycles. The van der Waals surface area contributed by atoms with Gasteiger partial charge in [0, 0.05) is 30.9 Å². The summed E-state index contributed by atoms with van der Waals surface area (Å²) in [6.07, 6.45) is 3.46. The molecule has 20 heavy (non-hydrogen) atoms. The van der Waals surface area contributed by atoms with Crippen LogP contribution in [0.2, 0.25) is 0 Å². The number of anilines is 1. The van der Waals surface area contributed by atoms with Gasteiger partial charge in [0.2, 0.25) is 0 Å². The van der Waals surface area contributed by atoms with Crippen molar-refractivity contribution in [3.63, 3.8) is 0 Å². The molecule has 0 spiro atoms. The average molecular weight is 387 g/mol. The van der Waals surface area contributed by atoms with Gasteiger partial charge in [-0.1, -0.05) is 0 Å². The molecule has 2 aliphatic rings. The molecule has 1 saturated heterocycles. The molecule has 3 atom stereocenters. The summed E-state index contributed by atoms with van der Waals surface area (Å²) < 4.78 is 0.705. The Labute approximate surface area is 131 Å². The van der Waals surface area contributed by atoms with Crippen LogP contribution in [-0.2, 0) is 0 Å². The molecule has 0 radical (unpaired) electrons. The predicted octanol–water partition coefficient (Wildman–Crippen LogP) is 2.76. The van der Waals surface area contributed by atoms with Gasteiger partial charge in [0.05, 0.1) is 8.49 Å². The van der Waals surface area contributed by atoms with Crippen molar-refractivity contribution >= 4 is 34.0 Å². The van der Waals surface area contributed by atoms with Gasteiger partial charge in [-0.25, -0.2) is 0 Å². The Bertz CT molecular complexity index is 537. The minimum absolute atomic E-state index is 0.188. The molecule has 108 valence electrons. The van der Waals surface area contributed by atoms with E-state index in [1.165, 1.54) is 6.42 Å². The maximum Gasteiger partial charge on any atom is 0.282 e. The zero-order valence-corrected chi connectivity index (χ0v) is 13.3. The molecule has 5 nitrogen and oxygen atoms in total. The highest BCUT2D eigenvalue weighted by molar-refractivity contribution is 14.1. The van der Waals surface area contributed by atoms with Crippen molar-refractivity contribution in [1.29, 1.82) is 0 Å². The molecule has 0 amide bonds. The third kappa shape index (κ3) is 2.63. The first-order chi connectivity index (χ1) is 9.54. The van der Waals surface area contributed by atoms with E-state index >= 15 is 0 Å². The highest BCUT2D eigenvalue weighted by Gasteiger charge is 2.37. The molecule has 1 aromatic rings. The number of nitrogens with two attached hydrogens (primary N) is 1. The summed E-state index contributed by atoms with van der Waals surface area (Å²) in [6, 6.07) is 5.77. The van der Waals surface area contributed by atoms with Gasteiger partial charge in [-0.2, -0.15) is 0 Å². The van der Waals surface area contributed by atoms with Crippen molar-refractivity contribution < 1.29 is 4.92 Å². The van der Waals surface area contributed by atoms with Crippen LogP contribution in [0, 0.1) is 25.5 Å². The van der Waals surface area contributed by atoms with Gasteiger partial charge in [0.1, 0.15) is 0 Å². The molecule has 6 heteroatoms. The Morgan fingerprint density at radius 3 is 2.75 bits per heavy atom. The van der Waals surface area contributed by atoms with E-state index in [1.54, 1.807) is 6.07 Å². The van der Waals surface area contributed by atoms with E-state index in [4.69, 9.17) is 5.73 Å². The highest BCUT2D eigenvalue weighted by Crippen LogP contribution is 2.38. The minimum atomic E-state index is -0.325. The van der Waals surface area contributed by atoms with Crippen LogP contribution in [0.4, 0.5) is 11.4 Å². The first-order valence-corrected chi connectivity index (χ1v) is 8.07. The molecular weight excluding hydrogens is 369 g/mol. The van der Waals surface area contributed by atoms with Gasteiger partial charge in [-0.15, -0.1) is 0 Å². The first kappa shape index (κ1) is 14.1. The SMILES string of the molecule is NC1CC[C@@H]2CN(c3ccc([N+](=O)[O-])c(I)c3)C[C@@H]2C1. The molecular formula is C14H18IN3O2. The molecule has 0 aromatic heterocycles. The third-order valence-corrected chi connectivity index (χ3v) is 5.45. The van der Waals surface area contributed by atoms with E-state index in [-0.39, 0.29) is 10.6 Å². The highest BCUT2D eigenvalue weighted by atomic mass is 127. The van der Waals surface area contributed by atoms with Crippen LogP contribution in [0.3, 0.4) is 0 Å². The normalized spacial score (nSPS) is 29.3. The van der Waals surface area contributed by atoms with Gasteiger partial charge in [0.15, 0.2) is 0 Å². The lowest BCUT2D eigenvalue weighted by Crippen LogP contribution is -2.32. The Balaban J connectivity index is 1.78. The quantitative estimate of drug-likeness (QED) is 0.481. The topological polar surface area (TPSA) is 72.4 Å². The molecule has 3 rings (SSSR count). The summed E-state index contributed by atoms with van der Waals surface area (Å²) in [7, 11) is 0. The van der Waals surface area contributed by atoms with Gasteiger partial charge in [0.25, 0.3) is 5.69 Å². The average Bonchev–Trinajstić information content (AvgIpc) is 2.81. The van der Waals surface area contributed by atoms with Crippen molar-refractivity contribution in [2.24, 2.45) is 17.6 Å². The first-order valence-electron chi connectivity index (χ1n) is 6.99. The summed E-state index contributed by atoms with van der Waals surface area (Å²) in [4.78, 5) is 12.9. The summed E-state index contributed by atoms with van der Waals surface area (Å²) in [5, 5.41) is 10.9. The van der Waals surface area contributed by atoms with Crippen LogP contribution >= 0.6 is 22.6 Å². The molecule has 2 fully saturated rings. The Kier molecular flexibility index (Phi) is 3.85. The van der Waals surface area contributed by atoms with Crippen molar-refractivity contribution in [2.75, 3.05) is 18.0 Å². The number of nitrogens with zero attached hydrogens (tertiary/aromatic N) is 2. The van der Waals surface area contributed by atoms with Crippen LogP contribution in [-0.4, -0.2) is 24.1 Å². The van der Waals surface area contributed by atoms with E-state index < -0.39 is 0 Å². The standard InChI is InChI=1S/C14H18IN3O2/c15-13-6-12(3-4-14(13)18(19)20)17-7-9-1-2-11(16)5-10(9)8-17/h3-4,6,9-11H,1-2,5,7-8,16H2/t9-,10+,11?/m1/s1. The van der Waals surface area contributed by atoms with E-state index in [9.17, 15) is 10.1 Å². The monoisotopic (exact) mass is 387 g/mol. The number of benzene rings is 1. The number of halogens is 1. The van der Waals surface area contributed by atoms with Gasteiger partial charge < -0.3 is 10.6 Å².